The number of rotatable bonds is 7. The quantitative estimate of drug-likeness (QED) is 0.791. The molecule has 1 aliphatic heterocycles. The summed E-state index contributed by atoms with van der Waals surface area (Å²) in [6, 6.07) is 13.3. The number of methoxy groups -OCH3 is 1. The Morgan fingerprint density at radius 3 is 2.46 bits per heavy atom. The van der Waals surface area contributed by atoms with E-state index < -0.39 is 0 Å². The van der Waals surface area contributed by atoms with Crippen LogP contribution in [0.5, 0.6) is 5.75 Å². The second-order valence-corrected chi connectivity index (χ2v) is 7.13. The Hall–Kier alpha value is -2.82. The summed E-state index contributed by atoms with van der Waals surface area (Å²) in [5.41, 5.74) is 3.75. The van der Waals surface area contributed by atoms with Crippen molar-refractivity contribution in [2.45, 2.75) is 39.7 Å². The van der Waals surface area contributed by atoms with Crippen LogP contribution in [0.2, 0.25) is 0 Å². The molecule has 148 valence electrons. The summed E-state index contributed by atoms with van der Waals surface area (Å²) in [7, 11) is 1.61. The Labute approximate surface area is 166 Å². The second kappa shape index (κ2) is 8.91. The first-order valence-electron chi connectivity index (χ1n) is 9.92. The van der Waals surface area contributed by atoms with E-state index in [1.165, 1.54) is 0 Å². The molecule has 0 bridgehead atoms. The van der Waals surface area contributed by atoms with Crippen LogP contribution in [-0.4, -0.2) is 25.5 Å². The van der Waals surface area contributed by atoms with Gasteiger partial charge in [-0.25, -0.2) is 0 Å². The minimum Gasteiger partial charge on any atom is -0.497 e. The van der Waals surface area contributed by atoms with Crippen molar-refractivity contribution >= 4 is 17.5 Å². The number of nitrogens with one attached hydrogen (secondary N) is 1. The molecule has 1 heterocycles. The van der Waals surface area contributed by atoms with Gasteiger partial charge in [-0.05, 0) is 60.7 Å². The molecule has 0 radical (unpaired) electrons. The van der Waals surface area contributed by atoms with Gasteiger partial charge in [0.05, 0.1) is 7.11 Å². The lowest BCUT2D eigenvalue weighted by atomic mass is 10.0. The van der Waals surface area contributed by atoms with Crippen LogP contribution in [0.3, 0.4) is 0 Å². The number of hydrogen-bond acceptors (Lipinski definition) is 3. The van der Waals surface area contributed by atoms with Gasteiger partial charge in [-0.15, -0.1) is 0 Å². The zero-order valence-corrected chi connectivity index (χ0v) is 16.8. The van der Waals surface area contributed by atoms with Crippen LogP contribution < -0.4 is 15.0 Å². The van der Waals surface area contributed by atoms with Gasteiger partial charge in [0.25, 0.3) is 5.91 Å². The Bertz CT molecular complexity index is 841. The summed E-state index contributed by atoms with van der Waals surface area (Å²) in [4.78, 5) is 27.0. The lowest BCUT2D eigenvalue weighted by Crippen LogP contribution is -2.30. The predicted octanol–water partition coefficient (Wildman–Crippen LogP) is 3.95. The first-order chi connectivity index (χ1) is 13.6. The molecule has 0 unspecified atom stereocenters. The minimum absolute atomic E-state index is 0.0142. The van der Waals surface area contributed by atoms with Crippen molar-refractivity contribution in [2.75, 3.05) is 18.6 Å². The summed E-state index contributed by atoms with van der Waals surface area (Å²) in [6.07, 6.45) is 2.53. The standard InChI is InChI=1S/C23H28N2O3/c1-4-17(5-2)22(26)24-15-16-6-7-18-12-13-25(21(18)14-16)23(27)19-8-10-20(28-3)11-9-19/h6-11,14,17H,4-5,12-13,15H2,1-3H3,(H,24,26). The van der Waals surface area contributed by atoms with Crippen molar-refractivity contribution in [3.63, 3.8) is 0 Å². The van der Waals surface area contributed by atoms with E-state index >= 15 is 0 Å². The maximum absolute atomic E-state index is 13.0. The number of amides is 2. The Kier molecular flexibility index (Phi) is 6.34. The first kappa shape index (κ1) is 19.9. The number of carbonyl (C=O) groups is 2. The van der Waals surface area contributed by atoms with Crippen LogP contribution in [0.1, 0.15) is 48.2 Å². The largest absolute Gasteiger partial charge is 0.497 e. The molecule has 0 spiro atoms. The minimum atomic E-state index is -0.0142. The third-order valence-corrected chi connectivity index (χ3v) is 5.45. The highest BCUT2D eigenvalue weighted by Crippen LogP contribution is 2.30. The monoisotopic (exact) mass is 380 g/mol. The highest BCUT2D eigenvalue weighted by atomic mass is 16.5. The summed E-state index contributed by atoms with van der Waals surface area (Å²) in [5.74, 6) is 0.868. The van der Waals surface area contributed by atoms with Crippen LogP contribution >= 0.6 is 0 Å². The fourth-order valence-corrected chi connectivity index (χ4v) is 3.63. The molecular weight excluding hydrogens is 352 g/mol. The van der Waals surface area contributed by atoms with E-state index in [0.29, 0.717) is 18.7 Å². The maximum atomic E-state index is 13.0. The summed E-state index contributed by atoms with van der Waals surface area (Å²) >= 11 is 0. The van der Waals surface area contributed by atoms with Crippen LogP contribution in [0.4, 0.5) is 5.69 Å². The number of fused-ring (bicyclic) bond motifs is 1. The summed E-state index contributed by atoms with van der Waals surface area (Å²) < 4.78 is 5.17. The van der Waals surface area contributed by atoms with Crippen molar-refractivity contribution in [1.29, 1.82) is 0 Å². The maximum Gasteiger partial charge on any atom is 0.258 e. The number of carbonyl (C=O) groups excluding carboxylic acids is 2. The van der Waals surface area contributed by atoms with E-state index in [9.17, 15) is 9.59 Å². The molecule has 0 aliphatic carbocycles. The second-order valence-electron chi connectivity index (χ2n) is 7.13. The Balaban J connectivity index is 1.73. The molecule has 0 saturated carbocycles. The molecular formula is C23H28N2O3. The lowest BCUT2D eigenvalue weighted by molar-refractivity contribution is -0.125. The van der Waals surface area contributed by atoms with E-state index in [-0.39, 0.29) is 17.7 Å². The molecule has 0 fully saturated rings. The van der Waals surface area contributed by atoms with E-state index in [0.717, 1.165) is 41.8 Å². The van der Waals surface area contributed by atoms with Crippen molar-refractivity contribution in [3.05, 3.63) is 59.2 Å². The zero-order valence-electron chi connectivity index (χ0n) is 16.8. The fraction of sp³-hybridized carbons (Fsp3) is 0.391. The first-order valence-corrected chi connectivity index (χ1v) is 9.92. The number of nitrogens with zero attached hydrogens (tertiary/aromatic N) is 1. The molecule has 3 rings (SSSR count). The molecule has 0 saturated heterocycles. The van der Waals surface area contributed by atoms with E-state index in [1.54, 1.807) is 31.4 Å². The van der Waals surface area contributed by atoms with Crippen molar-refractivity contribution in [2.24, 2.45) is 5.92 Å². The SMILES string of the molecule is CCC(CC)C(=O)NCc1ccc2c(c1)N(C(=O)c1ccc(OC)cc1)CC2. The highest BCUT2D eigenvalue weighted by molar-refractivity contribution is 6.07. The smallest absolute Gasteiger partial charge is 0.258 e. The van der Waals surface area contributed by atoms with Gasteiger partial charge >= 0.3 is 0 Å². The van der Waals surface area contributed by atoms with Gasteiger partial charge < -0.3 is 15.0 Å². The molecule has 28 heavy (non-hydrogen) atoms. The van der Waals surface area contributed by atoms with Gasteiger partial charge in [-0.3, -0.25) is 9.59 Å². The average molecular weight is 380 g/mol. The molecule has 1 N–H and O–H groups in total. The van der Waals surface area contributed by atoms with E-state index in [4.69, 9.17) is 4.74 Å². The van der Waals surface area contributed by atoms with Crippen molar-refractivity contribution < 1.29 is 14.3 Å². The predicted molar refractivity (Wildman–Crippen MR) is 111 cm³/mol. The number of hydrogen-bond donors (Lipinski definition) is 1. The number of anilines is 1. The van der Waals surface area contributed by atoms with E-state index in [1.807, 2.05) is 30.9 Å². The zero-order chi connectivity index (χ0) is 20.1. The van der Waals surface area contributed by atoms with Gasteiger partial charge in [0.2, 0.25) is 5.91 Å². The van der Waals surface area contributed by atoms with Crippen LogP contribution in [0.25, 0.3) is 0 Å². The summed E-state index contributed by atoms with van der Waals surface area (Å²) in [5, 5.41) is 3.02. The van der Waals surface area contributed by atoms with Crippen molar-refractivity contribution in [1.82, 2.24) is 5.32 Å². The summed E-state index contributed by atoms with van der Waals surface area (Å²) in [6.45, 7) is 5.22. The van der Waals surface area contributed by atoms with Gasteiger partial charge in [-0.2, -0.15) is 0 Å². The molecule has 0 atom stereocenters. The highest BCUT2D eigenvalue weighted by Gasteiger charge is 2.26. The molecule has 2 aromatic rings. The third kappa shape index (κ3) is 4.19. The Morgan fingerprint density at radius 2 is 1.82 bits per heavy atom. The molecule has 2 amide bonds. The lowest BCUT2D eigenvalue weighted by Gasteiger charge is -2.19. The van der Waals surface area contributed by atoms with Crippen LogP contribution in [-0.2, 0) is 17.8 Å². The molecule has 5 nitrogen and oxygen atoms in total. The fourth-order valence-electron chi connectivity index (χ4n) is 3.63. The number of benzene rings is 2. The molecule has 1 aliphatic rings. The van der Waals surface area contributed by atoms with Crippen LogP contribution in [0.15, 0.2) is 42.5 Å². The van der Waals surface area contributed by atoms with Gasteiger partial charge in [0.15, 0.2) is 0 Å². The third-order valence-electron chi connectivity index (χ3n) is 5.45. The topological polar surface area (TPSA) is 58.6 Å². The normalized spacial score (nSPS) is 12.8. The van der Waals surface area contributed by atoms with Crippen molar-refractivity contribution in [3.8, 4) is 5.75 Å². The molecule has 2 aromatic carbocycles. The number of ether oxygens (including phenoxy) is 1. The molecule has 5 heteroatoms. The van der Waals surface area contributed by atoms with Gasteiger partial charge in [0, 0.05) is 30.3 Å². The van der Waals surface area contributed by atoms with Gasteiger partial charge in [-0.1, -0.05) is 26.0 Å². The van der Waals surface area contributed by atoms with Gasteiger partial charge in [0.1, 0.15) is 5.75 Å². The van der Waals surface area contributed by atoms with E-state index in [2.05, 4.69) is 11.4 Å². The average Bonchev–Trinajstić information content (AvgIpc) is 3.16. The Morgan fingerprint density at radius 1 is 1.11 bits per heavy atom. The van der Waals surface area contributed by atoms with Crippen LogP contribution in [0, 0.1) is 5.92 Å². The molecule has 0 aromatic heterocycles.